The first-order chi connectivity index (χ1) is 14.1. The van der Waals surface area contributed by atoms with Crippen molar-refractivity contribution in [3.8, 4) is 6.07 Å². The zero-order chi connectivity index (χ0) is 20.6. The second-order valence-electron chi connectivity index (χ2n) is 8.41. The third kappa shape index (κ3) is 5.70. The lowest BCUT2D eigenvalue weighted by Crippen LogP contribution is -2.40. The fourth-order valence-corrected chi connectivity index (χ4v) is 4.81. The summed E-state index contributed by atoms with van der Waals surface area (Å²) in [5, 5.41) is 9.12. The molecule has 0 bridgehead atoms. The summed E-state index contributed by atoms with van der Waals surface area (Å²) >= 11 is 0. The molecule has 3 heterocycles. The Morgan fingerprint density at radius 2 is 1.90 bits per heavy atom. The predicted molar refractivity (Wildman–Crippen MR) is 114 cm³/mol. The minimum absolute atomic E-state index is 0.287. The summed E-state index contributed by atoms with van der Waals surface area (Å²) in [6.45, 7) is 6.45. The van der Waals surface area contributed by atoms with Crippen molar-refractivity contribution in [3.63, 3.8) is 0 Å². The largest absolute Gasteiger partial charge is 0.385 e. The standard InChI is InChI=1S/C23H34N4O2/c1-18-21(17-24)7-8-22(25-18)26-12-3-5-19(9-13-26)20-10-14-27(15-11-20)23(28)6-4-16-29-2/h7-8,19-20H,3-6,9-16H2,1-2H3. The molecule has 2 aliphatic heterocycles. The molecule has 2 saturated heterocycles. The molecule has 0 N–H and O–H groups in total. The number of carbonyl (C=O) groups is 1. The SMILES string of the molecule is COCCCC(=O)N1CCC(C2CCCN(c3ccc(C#N)c(C)n3)CC2)CC1. The number of hydrogen-bond donors (Lipinski definition) is 0. The minimum Gasteiger partial charge on any atom is -0.385 e. The fourth-order valence-electron chi connectivity index (χ4n) is 4.81. The number of piperidine rings is 1. The molecule has 2 aliphatic rings. The van der Waals surface area contributed by atoms with Crippen LogP contribution in [0, 0.1) is 30.1 Å². The summed E-state index contributed by atoms with van der Waals surface area (Å²) < 4.78 is 5.05. The first kappa shape index (κ1) is 21.6. The molecule has 1 unspecified atom stereocenters. The van der Waals surface area contributed by atoms with E-state index in [4.69, 9.17) is 10.00 Å². The summed E-state index contributed by atoms with van der Waals surface area (Å²) in [5.41, 5.74) is 1.47. The van der Waals surface area contributed by atoms with Gasteiger partial charge in [0.05, 0.1) is 11.3 Å². The Balaban J connectivity index is 1.48. The Labute approximate surface area is 174 Å². The molecule has 0 aliphatic carbocycles. The molecular weight excluding hydrogens is 364 g/mol. The minimum atomic E-state index is 0.287. The van der Waals surface area contributed by atoms with Gasteiger partial charge in [0.1, 0.15) is 11.9 Å². The number of carbonyl (C=O) groups excluding carboxylic acids is 1. The maximum atomic E-state index is 12.3. The van der Waals surface area contributed by atoms with Gasteiger partial charge in [0, 0.05) is 46.3 Å². The lowest BCUT2D eigenvalue weighted by Gasteiger charge is -2.36. The zero-order valence-corrected chi connectivity index (χ0v) is 17.9. The molecule has 1 amide bonds. The number of pyridine rings is 1. The Morgan fingerprint density at radius 3 is 2.59 bits per heavy atom. The van der Waals surface area contributed by atoms with Crippen LogP contribution < -0.4 is 4.90 Å². The van der Waals surface area contributed by atoms with E-state index in [9.17, 15) is 4.79 Å². The summed E-state index contributed by atoms with van der Waals surface area (Å²) in [5.74, 6) is 2.76. The van der Waals surface area contributed by atoms with Crippen molar-refractivity contribution in [2.45, 2.75) is 51.9 Å². The van der Waals surface area contributed by atoms with Gasteiger partial charge in [-0.3, -0.25) is 4.79 Å². The van der Waals surface area contributed by atoms with Crippen molar-refractivity contribution in [2.24, 2.45) is 11.8 Å². The molecule has 1 atom stereocenters. The van der Waals surface area contributed by atoms with E-state index in [0.717, 1.165) is 68.8 Å². The highest BCUT2D eigenvalue weighted by Crippen LogP contribution is 2.33. The number of nitriles is 1. The summed E-state index contributed by atoms with van der Waals surface area (Å²) in [6.07, 6.45) is 7.32. The lowest BCUT2D eigenvalue weighted by atomic mass is 9.80. The monoisotopic (exact) mass is 398 g/mol. The van der Waals surface area contributed by atoms with Crippen LogP contribution >= 0.6 is 0 Å². The fraction of sp³-hybridized carbons (Fsp3) is 0.696. The van der Waals surface area contributed by atoms with Crippen LogP contribution in [0.5, 0.6) is 0 Å². The third-order valence-corrected chi connectivity index (χ3v) is 6.59. The molecule has 29 heavy (non-hydrogen) atoms. The van der Waals surface area contributed by atoms with E-state index >= 15 is 0 Å². The van der Waals surface area contributed by atoms with Crippen molar-refractivity contribution in [1.29, 1.82) is 5.26 Å². The maximum Gasteiger partial charge on any atom is 0.222 e. The summed E-state index contributed by atoms with van der Waals surface area (Å²) in [4.78, 5) is 21.4. The molecule has 6 nitrogen and oxygen atoms in total. The first-order valence-electron chi connectivity index (χ1n) is 11.0. The maximum absolute atomic E-state index is 12.3. The van der Waals surface area contributed by atoms with E-state index in [-0.39, 0.29) is 5.91 Å². The second kappa shape index (κ2) is 10.6. The van der Waals surface area contributed by atoms with Crippen molar-refractivity contribution < 1.29 is 9.53 Å². The van der Waals surface area contributed by atoms with Crippen LogP contribution in [0.25, 0.3) is 0 Å². The summed E-state index contributed by atoms with van der Waals surface area (Å²) in [7, 11) is 1.68. The number of hydrogen-bond acceptors (Lipinski definition) is 5. The molecule has 1 aromatic rings. The number of methoxy groups -OCH3 is 1. The van der Waals surface area contributed by atoms with E-state index < -0.39 is 0 Å². The van der Waals surface area contributed by atoms with E-state index in [2.05, 4.69) is 20.9 Å². The second-order valence-corrected chi connectivity index (χ2v) is 8.41. The number of rotatable bonds is 6. The normalized spacial score (nSPS) is 20.9. The molecule has 2 fully saturated rings. The van der Waals surface area contributed by atoms with Gasteiger partial charge in [0.15, 0.2) is 0 Å². The number of anilines is 1. The number of amides is 1. The van der Waals surface area contributed by atoms with Crippen LogP contribution in [-0.4, -0.2) is 55.7 Å². The van der Waals surface area contributed by atoms with Crippen LogP contribution in [0.2, 0.25) is 0 Å². The predicted octanol–water partition coefficient (Wildman–Crippen LogP) is 3.53. The first-order valence-corrected chi connectivity index (χ1v) is 11.0. The van der Waals surface area contributed by atoms with Gasteiger partial charge in [0.25, 0.3) is 0 Å². The lowest BCUT2D eigenvalue weighted by molar-refractivity contribution is -0.133. The Kier molecular flexibility index (Phi) is 7.88. The molecule has 3 rings (SSSR count). The quantitative estimate of drug-likeness (QED) is 0.686. The molecular formula is C23H34N4O2. The van der Waals surface area contributed by atoms with E-state index in [1.165, 1.54) is 19.3 Å². The van der Waals surface area contributed by atoms with Gasteiger partial charge < -0.3 is 14.5 Å². The molecule has 1 aromatic heterocycles. The van der Waals surface area contributed by atoms with Crippen LogP contribution in [-0.2, 0) is 9.53 Å². The van der Waals surface area contributed by atoms with Gasteiger partial charge in [-0.15, -0.1) is 0 Å². The molecule has 0 aromatic carbocycles. The van der Waals surface area contributed by atoms with Gasteiger partial charge in [-0.2, -0.15) is 5.26 Å². The zero-order valence-electron chi connectivity index (χ0n) is 17.9. The highest BCUT2D eigenvalue weighted by molar-refractivity contribution is 5.76. The smallest absolute Gasteiger partial charge is 0.222 e. The van der Waals surface area contributed by atoms with Crippen molar-refractivity contribution >= 4 is 11.7 Å². The van der Waals surface area contributed by atoms with Gasteiger partial charge in [-0.1, -0.05) is 0 Å². The molecule has 0 spiro atoms. The number of nitrogens with zero attached hydrogens (tertiary/aromatic N) is 4. The highest BCUT2D eigenvalue weighted by atomic mass is 16.5. The third-order valence-electron chi connectivity index (χ3n) is 6.59. The van der Waals surface area contributed by atoms with Crippen molar-refractivity contribution in [2.75, 3.05) is 44.8 Å². The average Bonchev–Trinajstić information content (AvgIpc) is 3.00. The van der Waals surface area contributed by atoms with Gasteiger partial charge in [0.2, 0.25) is 5.91 Å². The average molecular weight is 399 g/mol. The summed E-state index contributed by atoms with van der Waals surface area (Å²) in [6, 6.07) is 6.07. The highest BCUT2D eigenvalue weighted by Gasteiger charge is 2.30. The number of ether oxygens (including phenoxy) is 1. The van der Waals surface area contributed by atoms with Gasteiger partial charge in [-0.05, 0) is 69.4 Å². The van der Waals surface area contributed by atoms with Crippen molar-refractivity contribution in [3.05, 3.63) is 23.4 Å². The number of likely N-dealkylation sites (tertiary alicyclic amines) is 1. The molecule has 6 heteroatoms. The van der Waals surface area contributed by atoms with E-state index in [1.54, 1.807) is 7.11 Å². The Morgan fingerprint density at radius 1 is 1.17 bits per heavy atom. The van der Waals surface area contributed by atoms with Crippen LogP contribution in [0.4, 0.5) is 5.82 Å². The van der Waals surface area contributed by atoms with Crippen LogP contribution in [0.3, 0.4) is 0 Å². The van der Waals surface area contributed by atoms with Gasteiger partial charge >= 0.3 is 0 Å². The Hall–Kier alpha value is -2.13. The van der Waals surface area contributed by atoms with Crippen LogP contribution in [0.1, 0.15) is 56.2 Å². The van der Waals surface area contributed by atoms with Gasteiger partial charge in [-0.25, -0.2) is 4.98 Å². The molecule has 0 saturated carbocycles. The topological polar surface area (TPSA) is 69.5 Å². The number of aromatic nitrogens is 1. The van der Waals surface area contributed by atoms with E-state index in [0.29, 0.717) is 18.6 Å². The molecule has 158 valence electrons. The number of aryl methyl sites for hydroxylation is 1. The molecule has 0 radical (unpaired) electrons. The van der Waals surface area contributed by atoms with Crippen molar-refractivity contribution in [1.82, 2.24) is 9.88 Å². The van der Waals surface area contributed by atoms with E-state index in [1.807, 2.05) is 19.1 Å². The Bertz CT molecular complexity index is 722. The van der Waals surface area contributed by atoms with Crippen LogP contribution in [0.15, 0.2) is 12.1 Å².